The molecular weight excluding hydrogens is 277 g/mol. The molecule has 4 nitrogen and oxygen atoms in total. The predicted molar refractivity (Wildman–Crippen MR) is 77.8 cm³/mol. The van der Waals surface area contributed by atoms with E-state index in [4.69, 9.17) is 0 Å². The van der Waals surface area contributed by atoms with Gasteiger partial charge in [-0.25, -0.2) is 14.4 Å². The molecule has 106 valence electrons. The summed E-state index contributed by atoms with van der Waals surface area (Å²) in [4.78, 5) is 21.0. The Morgan fingerprint density at radius 2 is 2.10 bits per heavy atom. The summed E-state index contributed by atoms with van der Waals surface area (Å²) in [5.41, 5.74) is 0.361. The first-order valence-corrected chi connectivity index (χ1v) is 7.97. The third-order valence-corrected chi connectivity index (χ3v) is 4.55. The van der Waals surface area contributed by atoms with Crippen molar-refractivity contribution in [3.63, 3.8) is 0 Å². The van der Waals surface area contributed by atoms with Gasteiger partial charge >= 0.3 is 0 Å². The van der Waals surface area contributed by atoms with E-state index < -0.39 is 11.4 Å². The van der Waals surface area contributed by atoms with Crippen LogP contribution in [0.3, 0.4) is 0 Å². The van der Waals surface area contributed by atoms with Crippen LogP contribution in [0.5, 0.6) is 0 Å². The van der Waals surface area contributed by atoms with Gasteiger partial charge in [0.2, 0.25) is 0 Å². The number of nitrogens with zero attached hydrogens (tertiary/aromatic N) is 3. The van der Waals surface area contributed by atoms with Crippen LogP contribution in [0.1, 0.15) is 37.3 Å². The molecule has 2 aromatic rings. The number of rotatable bonds is 2. The molecule has 0 aromatic carbocycles. The van der Waals surface area contributed by atoms with Gasteiger partial charge in [-0.2, -0.15) is 0 Å². The highest BCUT2D eigenvalue weighted by atomic mass is 32.2. The summed E-state index contributed by atoms with van der Waals surface area (Å²) in [6.45, 7) is 1.61. The van der Waals surface area contributed by atoms with Crippen LogP contribution >= 0.6 is 11.8 Å². The first kappa shape index (κ1) is 13.5. The highest BCUT2D eigenvalue weighted by molar-refractivity contribution is 7.98. The summed E-state index contributed by atoms with van der Waals surface area (Å²) in [5.74, 6) is -0.676. The van der Waals surface area contributed by atoms with Gasteiger partial charge in [0.25, 0.3) is 5.56 Å². The average Bonchev–Trinajstić information content (AvgIpc) is 2.98. The van der Waals surface area contributed by atoms with E-state index >= 15 is 0 Å². The third kappa shape index (κ3) is 2.02. The maximum Gasteiger partial charge on any atom is 0.288 e. The quantitative estimate of drug-likeness (QED) is 0.630. The lowest BCUT2D eigenvalue weighted by Gasteiger charge is -2.17. The lowest BCUT2D eigenvalue weighted by atomic mass is 10.1. The van der Waals surface area contributed by atoms with Gasteiger partial charge in [-0.05, 0) is 26.0 Å². The topological polar surface area (TPSA) is 47.8 Å². The highest BCUT2D eigenvalue weighted by Crippen LogP contribution is 2.31. The fourth-order valence-electron chi connectivity index (χ4n) is 2.89. The standard InChI is InChI=1S/C14H16FN3OS/c1-8-10-7-16-14(20-2)17-12(10)18(13(19)11(8)15)9-5-3-4-6-9/h7,9H,3-6H2,1-2H3. The number of aryl methyl sites for hydroxylation is 1. The van der Waals surface area contributed by atoms with E-state index in [1.54, 1.807) is 17.7 Å². The number of thioether (sulfide) groups is 1. The van der Waals surface area contributed by atoms with Crippen molar-refractivity contribution in [2.24, 2.45) is 0 Å². The van der Waals surface area contributed by atoms with Gasteiger partial charge in [-0.1, -0.05) is 24.6 Å². The van der Waals surface area contributed by atoms with Gasteiger partial charge in [0.05, 0.1) is 0 Å². The summed E-state index contributed by atoms with van der Waals surface area (Å²) in [5, 5.41) is 1.24. The summed E-state index contributed by atoms with van der Waals surface area (Å²) >= 11 is 1.42. The molecule has 0 N–H and O–H groups in total. The van der Waals surface area contributed by atoms with Crippen LogP contribution in [0.15, 0.2) is 16.1 Å². The van der Waals surface area contributed by atoms with Gasteiger partial charge in [-0.3, -0.25) is 9.36 Å². The van der Waals surface area contributed by atoms with Crippen molar-refractivity contribution in [2.45, 2.75) is 43.8 Å². The van der Waals surface area contributed by atoms with E-state index in [0.717, 1.165) is 25.7 Å². The van der Waals surface area contributed by atoms with Crippen molar-refractivity contribution in [3.8, 4) is 0 Å². The van der Waals surface area contributed by atoms with Crippen LogP contribution in [0.25, 0.3) is 11.0 Å². The number of fused-ring (bicyclic) bond motifs is 1. The van der Waals surface area contributed by atoms with Crippen molar-refractivity contribution in [3.05, 3.63) is 27.9 Å². The Labute approximate surface area is 120 Å². The van der Waals surface area contributed by atoms with Crippen molar-refractivity contribution in [1.82, 2.24) is 14.5 Å². The average molecular weight is 293 g/mol. The van der Waals surface area contributed by atoms with Gasteiger partial charge in [0.15, 0.2) is 11.0 Å². The maximum atomic E-state index is 14.2. The predicted octanol–water partition coefficient (Wildman–Crippen LogP) is 3.08. The van der Waals surface area contributed by atoms with Gasteiger partial charge in [0.1, 0.15) is 5.65 Å². The minimum atomic E-state index is -0.676. The molecule has 0 spiro atoms. The summed E-state index contributed by atoms with van der Waals surface area (Å²) < 4.78 is 15.7. The van der Waals surface area contributed by atoms with E-state index in [9.17, 15) is 9.18 Å². The molecule has 0 atom stereocenters. The number of aromatic nitrogens is 3. The fraction of sp³-hybridized carbons (Fsp3) is 0.500. The van der Waals surface area contributed by atoms with Crippen molar-refractivity contribution in [1.29, 1.82) is 0 Å². The van der Waals surface area contributed by atoms with Crippen LogP contribution in [0.4, 0.5) is 4.39 Å². The van der Waals surface area contributed by atoms with E-state index in [0.29, 0.717) is 21.8 Å². The SMILES string of the molecule is CSc1ncc2c(C)c(F)c(=O)n(C3CCCC3)c2n1. The van der Waals surface area contributed by atoms with Gasteiger partial charge in [-0.15, -0.1) is 0 Å². The summed E-state index contributed by atoms with van der Waals surface area (Å²) in [6, 6.07) is 0.0599. The Morgan fingerprint density at radius 3 is 2.75 bits per heavy atom. The fourth-order valence-corrected chi connectivity index (χ4v) is 3.22. The minimum absolute atomic E-state index is 0.0599. The van der Waals surface area contributed by atoms with Gasteiger partial charge in [0, 0.05) is 23.2 Å². The molecule has 20 heavy (non-hydrogen) atoms. The van der Waals surface area contributed by atoms with Crippen LogP contribution in [0.2, 0.25) is 0 Å². The second-order valence-electron chi connectivity index (χ2n) is 5.15. The zero-order chi connectivity index (χ0) is 14.3. The number of hydrogen-bond acceptors (Lipinski definition) is 4. The van der Waals surface area contributed by atoms with E-state index in [-0.39, 0.29) is 6.04 Å². The zero-order valence-electron chi connectivity index (χ0n) is 11.5. The summed E-state index contributed by atoms with van der Waals surface area (Å²) in [7, 11) is 0. The largest absolute Gasteiger partial charge is 0.288 e. The molecular formula is C14H16FN3OS. The molecule has 1 saturated carbocycles. The second-order valence-corrected chi connectivity index (χ2v) is 5.92. The minimum Gasteiger partial charge on any atom is -0.287 e. The molecule has 1 aliphatic carbocycles. The Morgan fingerprint density at radius 1 is 1.40 bits per heavy atom. The number of pyridine rings is 1. The van der Waals surface area contributed by atoms with Crippen molar-refractivity contribution < 1.29 is 4.39 Å². The molecule has 0 amide bonds. The molecule has 2 aromatic heterocycles. The van der Waals surface area contributed by atoms with Crippen LogP contribution in [-0.2, 0) is 0 Å². The van der Waals surface area contributed by atoms with Crippen molar-refractivity contribution in [2.75, 3.05) is 6.26 Å². The normalized spacial score (nSPS) is 16.1. The number of halogens is 1. The smallest absolute Gasteiger partial charge is 0.287 e. The Hall–Kier alpha value is -1.43. The Balaban J connectivity index is 2.37. The lowest BCUT2D eigenvalue weighted by molar-refractivity contribution is 0.486. The molecule has 0 unspecified atom stereocenters. The first-order valence-electron chi connectivity index (χ1n) is 6.75. The second kappa shape index (κ2) is 5.16. The molecule has 2 heterocycles. The summed E-state index contributed by atoms with van der Waals surface area (Å²) in [6.07, 6.45) is 7.49. The van der Waals surface area contributed by atoms with Gasteiger partial charge < -0.3 is 0 Å². The van der Waals surface area contributed by atoms with Crippen LogP contribution in [-0.4, -0.2) is 20.8 Å². The zero-order valence-corrected chi connectivity index (χ0v) is 12.3. The molecule has 0 saturated heterocycles. The molecule has 3 rings (SSSR count). The monoisotopic (exact) mass is 293 g/mol. The Kier molecular flexibility index (Phi) is 3.50. The molecule has 0 bridgehead atoms. The van der Waals surface area contributed by atoms with Crippen molar-refractivity contribution >= 4 is 22.8 Å². The molecule has 1 fully saturated rings. The van der Waals surface area contributed by atoms with Crippen LogP contribution < -0.4 is 5.56 Å². The van der Waals surface area contributed by atoms with E-state index in [2.05, 4.69) is 9.97 Å². The van der Waals surface area contributed by atoms with E-state index in [1.807, 2.05) is 6.26 Å². The Bertz CT molecular complexity index is 722. The maximum absolute atomic E-state index is 14.2. The molecule has 0 radical (unpaired) electrons. The third-order valence-electron chi connectivity index (χ3n) is 3.99. The molecule has 6 heteroatoms. The molecule has 0 aliphatic heterocycles. The first-order chi connectivity index (χ1) is 9.63. The van der Waals surface area contributed by atoms with E-state index in [1.165, 1.54) is 11.8 Å². The van der Waals surface area contributed by atoms with Crippen LogP contribution in [0, 0.1) is 12.7 Å². The highest BCUT2D eigenvalue weighted by Gasteiger charge is 2.24. The molecule has 1 aliphatic rings. The lowest BCUT2D eigenvalue weighted by Crippen LogP contribution is -2.28. The number of hydrogen-bond donors (Lipinski definition) is 0.